The van der Waals surface area contributed by atoms with Crippen molar-refractivity contribution >= 4 is 0 Å². The van der Waals surface area contributed by atoms with E-state index >= 15 is 0 Å². The van der Waals surface area contributed by atoms with E-state index < -0.39 is 0 Å². The van der Waals surface area contributed by atoms with Gasteiger partial charge in [-0.1, -0.05) is 12.1 Å². The van der Waals surface area contributed by atoms with Crippen LogP contribution in [0.5, 0.6) is 17.2 Å². The number of piperazine rings is 1. The molecule has 6 nitrogen and oxygen atoms in total. The van der Waals surface area contributed by atoms with Gasteiger partial charge in [0.15, 0.2) is 0 Å². The van der Waals surface area contributed by atoms with Crippen LogP contribution < -0.4 is 14.2 Å². The standard InChI is InChI=1S/C23H32N2O4/c1-27-21-6-4-5-18(11-21)15-24-8-9-25(20(17-24)7-10-26)16-19-12-22(28-2)14-23(13-19)29-3/h4-6,11-14,20,26H,7-10,15-17H2,1-3H3/t20-/m1/s1. The minimum absolute atomic E-state index is 0.190. The molecule has 1 atom stereocenters. The summed E-state index contributed by atoms with van der Waals surface area (Å²) >= 11 is 0. The molecule has 3 rings (SSSR count). The zero-order valence-electron chi connectivity index (χ0n) is 17.6. The van der Waals surface area contributed by atoms with Crippen LogP contribution in [0.4, 0.5) is 0 Å². The Bertz CT molecular complexity index is 761. The van der Waals surface area contributed by atoms with Crippen LogP contribution in [0.2, 0.25) is 0 Å². The van der Waals surface area contributed by atoms with Crippen molar-refractivity contribution < 1.29 is 19.3 Å². The number of aliphatic hydroxyl groups excluding tert-OH is 1. The first kappa shape index (κ1) is 21.4. The molecule has 0 saturated carbocycles. The molecule has 0 amide bonds. The molecule has 29 heavy (non-hydrogen) atoms. The lowest BCUT2D eigenvalue weighted by Gasteiger charge is -2.41. The Morgan fingerprint density at radius 2 is 1.55 bits per heavy atom. The van der Waals surface area contributed by atoms with Gasteiger partial charge in [0.05, 0.1) is 21.3 Å². The Morgan fingerprint density at radius 1 is 0.862 bits per heavy atom. The Balaban J connectivity index is 1.67. The van der Waals surface area contributed by atoms with Gasteiger partial charge in [-0.2, -0.15) is 0 Å². The molecule has 1 heterocycles. The summed E-state index contributed by atoms with van der Waals surface area (Å²) in [5, 5.41) is 9.61. The third-order valence-corrected chi connectivity index (χ3v) is 5.49. The van der Waals surface area contributed by atoms with Gasteiger partial charge in [0.1, 0.15) is 17.2 Å². The van der Waals surface area contributed by atoms with Gasteiger partial charge in [0.25, 0.3) is 0 Å². The largest absolute Gasteiger partial charge is 0.497 e. The van der Waals surface area contributed by atoms with E-state index in [0.29, 0.717) is 6.04 Å². The number of hydrogen-bond acceptors (Lipinski definition) is 6. The molecule has 0 aromatic heterocycles. The summed E-state index contributed by atoms with van der Waals surface area (Å²) in [5.41, 5.74) is 2.41. The summed E-state index contributed by atoms with van der Waals surface area (Å²) in [5.74, 6) is 2.49. The Labute approximate surface area is 173 Å². The highest BCUT2D eigenvalue weighted by molar-refractivity contribution is 5.38. The smallest absolute Gasteiger partial charge is 0.122 e. The lowest BCUT2D eigenvalue weighted by Crippen LogP contribution is -2.52. The molecule has 1 fully saturated rings. The van der Waals surface area contributed by atoms with Gasteiger partial charge in [-0.15, -0.1) is 0 Å². The topological polar surface area (TPSA) is 54.4 Å². The second kappa shape index (κ2) is 10.5. The van der Waals surface area contributed by atoms with E-state index in [-0.39, 0.29) is 6.61 Å². The maximum Gasteiger partial charge on any atom is 0.122 e. The van der Waals surface area contributed by atoms with Crippen molar-refractivity contribution in [1.29, 1.82) is 0 Å². The molecular formula is C23H32N2O4. The molecule has 0 unspecified atom stereocenters. The minimum atomic E-state index is 0.190. The number of rotatable bonds is 9. The van der Waals surface area contributed by atoms with Crippen molar-refractivity contribution in [3.63, 3.8) is 0 Å². The van der Waals surface area contributed by atoms with Crippen LogP contribution >= 0.6 is 0 Å². The molecule has 0 radical (unpaired) electrons. The molecule has 1 aliphatic rings. The summed E-state index contributed by atoms with van der Waals surface area (Å²) in [6.45, 7) is 4.76. The number of ether oxygens (including phenoxy) is 3. The van der Waals surface area contributed by atoms with Crippen molar-refractivity contribution in [2.75, 3.05) is 47.6 Å². The second-order valence-corrected chi connectivity index (χ2v) is 7.44. The van der Waals surface area contributed by atoms with Crippen LogP contribution in [-0.2, 0) is 13.1 Å². The van der Waals surface area contributed by atoms with E-state index in [1.54, 1.807) is 21.3 Å². The average molecular weight is 401 g/mol. The van der Waals surface area contributed by atoms with E-state index in [4.69, 9.17) is 14.2 Å². The summed E-state index contributed by atoms with van der Waals surface area (Å²) in [6.07, 6.45) is 0.760. The van der Waals surface area contributed by atoms with Gasteiger partial charge in [0.2, 0.25) is 0 Å². The van der Waals surface area contributed by atoms with E-state index in [2.05, 4.69) is 34.1 Å². The molecule has 158 valence electrons. The Morgan fingerprint density at radius 3 is 2.21 bits per heavy atom. The number of methoxy groups -OCH3 is 3. The zero-order chi connectivity index (χ0) is 20.6. The first-order chi connectivity index (χ1) is 14.1. The number of nitrogens with zero attached hydrogens (tertiary/aromatic N) is 2. The van der Waals surface area contributed by atoms with Gasteiger partial charge in [-0.25, -0.2) is 0 Å². The van der Waals surface area contributed by atoms with Gasteiger partial charge in [-0.05, 0) is 41.8 Å². The van der Waals surface area contributed by atoms with Crippen molar-refractivity contribution in [3.05, 3.63) is 53.6 Å². The Hall–Kier alpha value is -2.28. The predicted octanol–water partition coefficient (Wildman–Crippen LogP) is 2.78. The molecule has 2 aromatic rings. The molecule has 6 heteroatoms. The van der Waals surface area contributed by atoms with E-state index in [0.717, 1.165) is 62.0 Å². The highest BCUT2D eigenvalue weighted by Gasteiger charge is 2.27. The summed E-state index contributed by atoms with van der Waals surface area (Å²) in [4.78, 5) is 4.91. The highest BCUT2D eigenvalue weighted by atomic mass is 16.5. The fraction of sp³-hybridized carbons (Fsp3) is 0.478. The third kappa shape index (κ3) is 5.85. The van der Waals surface area contributed by atoms with Crippen molar-refractivity contribution in [2.24, 2.45) is 0 Å². The van der Waals surface area contributed by atoms with E-state index in [1.807, 2.05) is 18.2 Å². The van der Waals surface area contributed by atoms with Crippen LogP contribution in [-0.4, -0.2) is 68.5 Å². The molecule has 0 aliphatic carbocycles. The lowest BCUT2D eigenvalue weighted by atomic mass is 10.1. The van der Waals surface area contributed by atoms with Gasteiger partial charge >= 0.3 is 0 Å². The summed E-state index contributed by atoms with van der Waals surface area (Å²) < 4.78 is 16.2. The summed E-state index contributed by atoms with van der Waals surface area (Å²) in [6, 6.07) is 14.5. The van der Waals surface area contributed by atoms with Crippen LogP contribution in [0.25, 0.3) is 0 Å². The normalized spacial score (nSPS) is 17.9. The minimum Gasteiger partial charge on any atom is -0.497 e. The fourth-order valence-electron chi connectivity index (χ4n) is 3.95. The SMILES string of the molecule is COc1cccc(CN2CCN(Cc3cc(OC)cc(OC)c3)[C@H](CCO)C2)c1. The highest BCUT2D eigenvalue weighted by Crippen LogP contribution is 2.25. The van der Waals surface area contributed by atoms with Gasteiger partial charge < -0.3 is 19.3 Å². The Kier molecular flexibility index (Phi) is 7.75. The predicted molar refractivity (Wildman–Crippen MR) is 114 cm³/mol. The van der Waals surface area contributed by atoms with Crippen LogP contribution in [0.3, 0.4) is 0 Å². The second-order valence-electron chi connectivity index (χ2n) is 7.44. The first-order valence-corrected chi connectivity index (χ1v) is 10.1. The van der Waals surface area contributed by atoms with E-state index in [1.165, 1.54) is 5.56 Å². The molecular weight excluding hydrogens is 368 g/mol. The maximum atomic E-state index is 9.61. The third-order valence-electron chi connectivity index (χ3n) is 5.49. The monoisotopic (exact) mass is 400 g/mol. The summed E-state index contributed by atoms with van der Waals surface area (Å²) in [7, 11) is 5.04. The van der Waals surface area contributed by atoms with Crippen LogP contribution in [0.1, 0.15) is 17.5 Å². The quantitative estimate of drug-likeness (QED) is 0.699. The molecule has 2 aromatic carbocycles. The molecule has 1 N–H and O–H groups in total. The van der Waals surface area contributed by atoms with Crippen molar-refractivity contribution in [1.82, 2.24) is 9.80 Å². The van der Waals surface area contributed by atoms with Crippen molar-refractivity contribution in [2.45, 2.75) is 25.6 Å². The number of aliphatic hydroxyl groups is 1. The first-order valence-electron chi connectivity index (χ1n) is 10.1. The van der Waals surface area contributed by atoms with Crippen molar-refractivity contribution in [3.8, 4) is 17.2 Å². The fourth-order valence-corrected chi connectivity index (χ4v) is 3.95. The molecule has 0 bridgehead atoms. The van der Waals surface area contributed by atoms with Gasteiger partial charge in [0, 0.05) is 51.4 Å². The van der Waals surface area contributed by atoms with Crippen LogP contribution in [0, 0.1) is 0 Å². The lowest BCUT2D eigenvalue weighted by molar-refractivity contribution is 0.0499. The van der Waals surface area contributed by atoms with Crippen LogP contribution in [0.15, 0.2) is 42.5 Å². The average Bonchev–Trinajstić information content (AvgIpc) is 2.75. The number of hydrogen-bond donors (Lipinski definition) is 1. The van der Waals surface area contributed by atoms with Gasteiger partial charge in [-0.3, -0.25) is 9.80 Å². The number of benzene rings is 2. The molecule has 0 spiro atoms. The molecule has 1 aliphatic heterocycles. The molecule has 1 saturated heterocycles. The van der Waals surface area contributed by atoms with E-state index in [9.17, 15) is 5.11 Å². The zero-order valence-corrected chi connectivity index (χ0v) is 17.6. The maximum absolute atomic E-state index is 9.61.